The van der Waals surface area contributed by atoms with Crippen molar-refractivity contribution in [1.82, 2.24) is 14.9 Å². The minimum absolute atomic E-state index is 0.157. The second-order valence-corrected chi connectivity index (χ2v) is 6.74. The van der Waals surface area contributed by atoms with E-state index in [4.69, 9.17) is 14.2 Å². The zero-order chi connectivity index (χ0) is 21.5. The molecule has 7 nitrogen and oxygen atoms in total. The number of hydrogen-bond acceptors (Lipinski definition) is 5. The summed E-state index contributed by atoms with van der Waals surface area (Å²) in [5, 5.41) is 2.92. The number of nitrogens with one attached hydrogen (secondary N) is 1. The summed E-state index contributed by atoms with van der Waals surface area (Å²) in [6.07, 6.45) is 4.02. The van der Waals surface area contributed by atoms with Crippen LogP contribution >= 0.6 is 0 Å². The van der Waals surface area contributed by atoms with Crippen LogP contribution in [-0.2, 0) is 11.3 Å². The highest BCUT2D eigenvalue weighted by Gasteiger charge is 2.12. The number of amides is 1. The summed E-state index contributed by atoms with van der Waals surface area (Å²) in [7, 11) is 4.67. The molecule has 0 radical (unpaired) electrons. The zero-order valence-corrected chi connectivity index (χ0v) is 17.8. The highest BCUT2D eigenvalue weighted by molar-refractivity contribution is 5.91. The van der Waals surface area contributed by atoms with E-state index in [1.807, 2.05) is 25.1 Å². The van der Waals surface area contributed by atoms with Gasteiger partial charge in [0, 0.05) is 19.2 Å². The standard InChI is InChI=1S/C23H27N3O4/c1-16-25-18-8-5-6-9-19(18)26(16)13-7-12-24-22(27)11-10-17-14-20(28-2)23(30-4)21(15-17)29-3/h5-6,8-11,14-15H,7,12-13H2,1-4H3,(H,24,27)/b11-10+. The van der Waals surface area contributed by atoms with Crippen LogP contribution < -0.4 is 19.5 Å². The van der Waals surface area contributed by atoms with E-state index in [9.17, 15) is 4.79 Å². The summed E-state index contributed by atoms with van der Waals surface area (Å²) in [4.78, 5) is 16.8. The first kappa shape index (κ1) is 21.2. The maximum absolute atomic E-state index is 12.2. The van der Waals surface area contributed by atoms with E-state index >= 15 is 0 Å². The summed E-state index contributed by atoms with van der Waals surface area (Å²) in [5.74, 6) is 2.42. The third-order valence-electron chi connectivity index (χ3n) is 4.82. The van der Waals surface area contributed by atoms with Gasteiger partial charge in [-0.2, -0.15) is 0 Å². The Hall–Kier alpha value is -3.48. The lowest BCUT2D eigenvalue weighted by Gasteiger charge is -2.12. The molecule has 0 unspecified atom stereocenters. The van der Waals surface area contributed by atoms with E-state index < -0.39 is 0 Å². The van der Waals surface area contributed by atoms with Crippen molar-refractivity contribution >= 4 is 23.0 Å². The van der Waals surface area contributed by atoms with Crippen LogP contribution in [-0.4, -0.2) is 43.3 Å². The molecule has 0 saturated carbocycles. The predicted molar refractivity (Wildman–Crippen MR) is 117 cm³/mol. The normalized spacial score (nSPS) is 11.1. The largest absolute Gasteiger partial charge is 0.493 e. The Kier molecular flexibility index (Phi) is 6.95. The topological polar surface area (TPSA) is 74.6 Å². The van der Waals surface area contributed by atoms with Crippen molar-refractivity contribution in [3.63, 3.8) is 0 Å². The number of nitrogens with zero attached hydrogens (tertiary/aromatic N) is 2. The second-order valence-electron chi connectivity index (χ2n) is 6.74. The summed E-state index contributed by atoms with van der Waals surface area (Å²) in [6.45, 7) is 3.37. The minimum Gasteiger partial charge on any atom is -0.493 e. The molecule has 1 heterocycles. The number of aryl methyl sites for hydroxylation is 2. The Morgan fingerprint density at radius 2 is 1.80 bits per heavy atom. The van der Waals surface area contributed by atoms with Crippen molar-refractivity contribution in [1.29, 1.82) is 0 Å². The van der Waals surface area contributed by atoms with Gasteiger partial charge in [0.1, 0.15) is 5.82 Å². The maximum Gasteiger partial charge on any atom is 0.244 e. The summed E-state index contributed by atoms with van der Waals surface area (Å²) < 4.78 is 18.2. The number of hydrogen-bond donors (Lipinski definition) is 1. The van der Waals surface area contributed by atoms with E-state index in [-0.39, 0.29) is 5.91 Å². The fourth-order valence-electron chi connectivity index (χ4n) is 3.36. The number of fused-ring (bicyclic) bond motifs is 1. The van der Waals surface area contributed by atoms with Crippen molar-refractivity contribution in [2.24, 2.45) is 0 Å². The lowest BCUT2D eigenvalue weighted by Crippen LogP contribution is -2.23. The Morgan fingerprint density at radius 1 is 1.10 bits per heavy atom. The molecular weight excluding hydrogens is 382 g/mol. The van der Waals surface area contributed by atoms with E-state index in [1.165, 1.54) is 6.08 Å². The lowest BCUT2D eigenvalue weighted by atomic mass is 10.1. The number of para-hydroxylation sites is 2. The molecule has 2 aromatic carbocycles. The Bertz CT molecular complexity index is 1030. The van der Waals surface area contributed by atoms with Crippen molar-refractivity contribution < 1.29 is 19.0 Å². The molecule has 0 atom stereocenters. The molecular formula is C23H27N3O4. The van der Waals surface area contributed by atoms with Gasteiger partial charge in [0.05, 0.1) is 32.4 Å². The molecule has 0 aliphatic heterocycles. The van der Waals surface area contributed by atoms with Crippen molar-refractivity contribution in [3.05, 3.63) is 53.9 Å². The van der Waals surface area contributed by atoms with Crippen LogP contribution in [0.1, 0.15) is 17.8 Å². The number of methoxy groups -OCH3 is 3. The first-order valence-corrected chi connectivity index (χ1v) is 9.75. The molecule has 3 aromatic rings. The molecule has 1 N–H and O–H groups in total. The van der Waals surface area contributed by atoms with E-state index in [0.29, 0.717) is 23.8 Å². The van der Waals surface area contributed by atoms with Gasteiger partial charge in [-0.05, 0) is 49.2 Å². The van der Waals surface area contributed by atoms with Crippen LogP contribution in [0.5, 0.6) is 17.2 Å². The first-order chi connectivity index (χ1) is 14.6. The number of benzene rings is 2. The van der Waals surface area contributed by atoms with Crippen molar-refractivity contribution in [2.45, 2.75) is 19.9 Å². The number of carbonyl (C=O) groups is 1. The van der Waals surface area contributed by atoms with Crippen LogP contribution in [0, 0.1) is 6.92 Å². The van der Waals surface area contributed by atoms with Crippen LogP contribution in [0.15, 0.2) is 42.5 Å². The molecule has 1 amide bonds. The molecule has 0 saturated heterocycles. The first-order valence-electron chi connectivity index (χ1n) is 9.75. The van der Waals surface area contributed by atoms with E-state index in [1.54, 1.807) is 39.5 Å². The molecule has 30 heavy (non-hydrogen) atoms. The molecule has 0 aliphatic carbocycles. The Labute approximate surface area is 176 Å². The van der Waals surface area contributed by atoms with Crippen LogP contribution in [0.2, 0.25) is 0 Å². The van der Waals surface area contributed by atoms with Gasteiger partial charge in [0.25, 0.3) is 0 Å². The molecule has 0 aliphatic rings. The Morgan fingerprint density at radius 3 is 2.47 bits per heavy atom. The van der Waals surface area contributed by atoms with Crippen LogP contribution in [0.4, 0.5) is 0 Å². The number of aromatic nitrogens is 2. The van der Waals surface area contributed by atoms with Crippen LogP contribution in [0.3, 0.4) is 0 Å². The average molecular weight is 409 g/mol. The molecule has 0 fully saturated rings. The number of imidazole rings is 1. The number of ether oxygens (including phenoxy) is 3. The third kappa shape index (κ3) is 4.74. The van der Waals surface area contributed by atoms with Gasteiger partial charge in [0.15, 0.2) is 11.5 Å². The maximum atomic E-state index is 12.2. The van der Waals surface area contributed by atoms with Crippen molar-refractivity contribution in [2.75, 3.05) is 27.9 Å². The molecule has 0 bridgehead atoms. The van der Waals surface area contributed by atoms with Crippen molar-refractivity contribution in [3.8, 4) is 17.2 Å². The molecule has 0 spiro atoms. The number of rotatable bonds is 9. The molecule has 3 rings (SSSR count). The fourth-order valence-corrected chi connectivity index (χ4v) is 3.36. The minimum atomic E-state index is -0.157. The molecule has 7 heteroatoms. The molecule has 1 aromatic heterocycles. The van der Waals surface area contributed by atoms with Crippen LogP contribution in [0.25, 0.3) is 17.1 Å². The Balaban J connectivity index is 1.56. The predicted octanol–water partition coefficient (Wildman–Crippen LogP) is 3.59. The van der Waals surface area contributed by atoms with Gasteiger partial charge in [0.2, 0.25) is 11.7 Å². The van der Waals surface area contributed by atoms with E-state index in [2.05, 4.69) is 20.9 Å². The van der Waals surface area contributed by atoms with Gasteiger partial charge in [-0.3, -0.25) is 4.79 Å². The fraction of sp³-hybridized carbons (Fsp3) is 0.304. The summed E-state index contributed by atoms with van der Waals surface area (Å²) in [6, 6.07) is 11.6. The zero-order valence-electron chi connectivity index (χ0n) is 17.8. The monoisotopic (exact) mass is 409 g/mol. The average Bonchev–Trinajstić information content (AvgIpc) is 3.09. The quantitative estimate of drug-likeness (QED) is 0.432. The third-order valence-corrected chi connectivity index (χ3v) is 4.82. The van der Waals surface area contributed by atoms with Gasteiger partial charge >= 0.3 is 0 Å². The molecule has 158 valence electrons. The van der Waals surface area contributed by atoms with Gasteiger partial charge < -0.3 is 24.1 Å². The van der Waals surface area contributed by atoms with E-state index in [0.717, 1.165) is 35.4 Å². The summed E-state index contributed by atoms with van der Waals surface area (Å²) in [5.41, 5.74) is 2.89. The van der Waals surface area contributed by atoms with Gasteiger partial charge in [-0.15, -0.1) is 0 Å². The summed E-state index contributed by atoms with van der Waals surface area (Å²) >= 11 is 0. The smallest absolute Gasteiger partial charge is 0.244 e. The van der Waals surface area contributed by atoms with Gasteiger partial charge in [-0.1, -0.05) is 12.1 Å². The van der Waals surface area contributed by atoms with Gasteiger partial charge in [-0.25, -0.2) is 4.98 Å². The highest BCUT2D eigenvalue weighted by Crippen LogP contribution is 2.38. The SMILES string of the molecule is COc1cc(/C=C/C(=O)NCCCn2c(C)nc3ccccc32)cc(OC)c1OC. The number of carbonyl (C=O) groups excluding carboxylic acids is 1. The second kappa shape index (κ2) is 9.82. The lowest BCUT2D eigenvalue weighted by molar-refractivity contribution is -0.116. The highest BCUT2D eigenvalue weighted by atomic mass is 16.5.